The number of hydrogen-bond donors (Lipinski definition) is 2. The quantitative estimate of drug-likeness (QED) is 0.894. The fourth-order valence-corrected chi connectivity index (χ4v) is 1.55. The first-order valence-corrected chi connectivity index (χ1v) is 5.39. The molecule has 2 N–H and O–H groups in total. The lowest BCUT2D eigenvalue weighted by atomic mass is 10.2. The zero-order chi connectivity index (χ0) is 14.0. The molecule has 0 bridgehead atoms. The van der Waals surface area contributed by atoms with Crippen molar-refractivity contribution < 1.29 is 18.7 Å². The first-order chi connectivity index (χ1) is 8.97. The minimum Gasteiger partial charge on any atom is -0.478 e. The summed E-state index contributed by atoms with van der Waals surface area (Å²) in [6.07, 6.45) is 0.862. The zero-order valence-corrected chi connectivity index (χ0v) is 9.95. The number of carbonyl (C=O) groups is 1. The van der Waals surface area contributed by atoms with E-state index >= 15 is 0 Å². The predicted octanol–water partition coefficient (Wildman–Crippen LogP) is 3.11. The van der Waals surface area contributed by atoms with E-state index in [1.54, 1.807) is 13.0 Å². The van der Waals surface area contributed by atoms with Crippen LogP contribution in [-0.4, -0.2) is 16.1 Å². The van der Waals surface area contributed by atoms with Gasteiger partial charge in [0.25, 0.3) is 0 Å². The lowest BCUT2D eigenvalue weighted by molar-refractivity contribution is 0.0697. The predicted molar refractivity (Wildman–Crippen MR) is 65.6 cm³/mol. The number of pyridine rings is 1. The highest BCUT2D eigenvalue weighted by Crippen LogP contribution is 2.22. The second-order valence-corrected chi connectivity index (χ2v) is 3.96. The van der Waals surface area contributed by atoms with Crippen LogP contribution in [0, 0.1) is 18.6 Å². The van der Waals surface area contributed by atoms with E-state index < -0.39 is 17.6 Å². The SMILES string of the molecule is Cc1ccc(Nc2ncc(F)cc2C(=O)O)c(F)c1. The van der Waals surface area contributed by atoms with E-state index in [-0.39, 0.29) is 17.1 Å². The summed E-state index contributed by atoms with van der Waals surface area (Å²) < 4.78 is 26.6. The maximum atomic E-state index is 13.6. The van der Waals surface area contributed by atoms with Gasteiger partial charge in [-0.2, -0.15) is 0 Å². The van der Waals surface area contributed by atoms with E-state index in [1.165, 1.54) is 12.1 Å². The fourth-order valence-electron chi connectivity index (χ4n) is 1.55. The Morgan fingerprint density at radius 2 is 2.05 bits per heavy atom. The molecule has 1 aromatic carbocycles. The highest BCUT2D eigenvalue weighted by atomic mass is 19.1. The summed E-state index contributed by atoms with van der Waals surface area (Å²) in [6, 6.07) is 5.24. The molecule has 0 aliphatic heterocycles. The average Bonchev–Trinajstić information content (AvgIpc) is 2.34. The molecule has 0 saturated heterocycles. The third-order valence-electron chi connectivity index (χ3n) is 2.46. The van der Waals surface area contributed by atoms with Crippen molar-refractivity contribution >= 4 is 17.5 Å². The summed E-state index contributed by atoms with van der Waals surface area (Å²) in [5.41, 5.74) is 0.445. The van der Waals surface area contributed by atoms with Crippen molar-refractivity contribution in [2.75, 3.05) is 5.32 Å². The van der Waals surface area contributed by atoms with Gasteiger partial charge in [-0.25, -0.2) is 18.6 Å². The molecule has 1 aromatic heterocycles. The Morgan fingerprint density at radius 3 is 2.68 bits per heavy atom. The molecule has 4 nitrogen and oxygen atoms in total. The monoisotopic (exact) mass is 264 g/mol. The van der Waals surface area contributed by atoms with Crippen LogP contribution in [-0.2, 0) is 0 Å². The average molecular weight is 264 g/mol. The molecule has 0 radical (unpaired) electrons. The van der Waals surface area contributed by atoms with Gasteiger partial charge in [0.2, 0.25) is 0 Å². The van der Waals surface area contributed by atoms with Gasteiger partial charge in [-0.3, -0.25) is 0 Å². The van der Waals surface area contributed by atoms with Gasteiger partial charge >= 0.3 is 5.97 Å². The van der Waals surface area contributed by atoms with E-state index in [2.05, 4.69) is 10.3 Å². The van der Waals surface area contributed by atoms with E-state index in [0.717, 1.165) is 17.8 Å². The summed E-state index contributed by atoms with van der Waals surface area (Å²) in [6.45, 7) is 1.73. The van der Waals surface area contributed by atoms with Crippen molar-refractivity contribution in [1.82, 2.24) is 4.98 Å². The van der Waals surface area contributed by atoms with E-state index in [1.807, 2.05) is 0 Å². The van der Waals surface area contributed by atoms with Gasteiger partial charge in [0, 0.05) is 0 Å². The number of nitrogens with one attached hydrogen (secondary N) is 1. The molecule has 0 unspecified atom stereocenters. The number of aryl methyl sites for hydroxylation is 1. The number of carboxylic acids is 1. The van der Waals surface area contributed by atoms with Crippen molar-refractivity contribution in [3.05, 3.63) is 53.2 Å². The number of carboxylic acid groups (broad SMARTS) is 1. The smallest absolute Gasteiger partial charge is 0.339 e. The largest absolute Gasteiger partial charge is 0.478 e. The second-order valence-electron chi connectivity index (χ2n) is 3.96. The number of nitrogens with zero attached hydrogens (tertiary/aromatic N) is 1. The highest BCUT2D eigenvalue weighted by Gasteiger charge is 2.14. The van der Waals surface area contributed by atoms with Gasteiger partial charge in [0.05, 0.1) is 11.9 Å². The number of anilines is 2. The molecule has 6 heteroatoms. The topological polar surface area (TPSA) is 62.2 Å². The normalized spacial score (nSPS) is 10.3. The van der Waals surface area contributed by atoms with Crippen molar-refractivity contribution in [2.45, 2.75) is 6.92 Å². The molecule has 0 aliphatic rings. The highest BCUT2D eigenvalue weighted by molar-refractivity contribution is 5.93. The molecule has 98 valence electrons. The molecule has 0 fully saturated rings. The van der Waals surface area contributed by atoms with E-state index in [0.29, 0.717) is 0 Å². The number of hydrogen-bond acceptors (Lipinski definition) is 3. The molecular formula is C13H10F2N2O2. The van der Waals surface area contributed by atoms with Gasteiger partial charge in [-0.15, -0.1) is 0 Å². The molecule has 2 rings (SSSR count). The maximum Gasteiger partial charge on any atom is 0.339 e. The summed E-state index contributed by atoms with van der Waals surface area (Å²) in [5.74, 6) is -2.77. The van der Waals surface area contributed by atoms with Crippen LogP contribution in [0.5, 0.6) is 0 Å². The van der Waals surface area contributed by atoms with Crippen molar-refractivity contribution in [3.8, 4) is 0 Å². The van der Waals surface area contributed by atoms with Crippen LogP contribution >= 0.6 is 0 Å². The molecule has 2 aromatic rings. The van der Waals surface area contributed by atoms with E-state index in [9.17, 15) is 13.6 Å². The number of benzene rings is 1. The minimum absolute atomic E-state index is 0.0761. The Morgan fingerprint density at radius 1 is 1.32 bits per heavy atom. The lowest BCUT2D eigenvalue weighted by Gasteiger charge is -2.09. The van der Waals surface area contributed by atoms with Crippen LogP contribution in [0.15, 0.2) is 30.5 Å². The van der Waals surface area contributed by atoms with Crippen LogP contribution in [0.25, 0.3) is 0 Å². The fraction of sp³-hybridized carbons (Fsp3) is 0.0769. The summed E-state index contributed by atoms with van der Waals surface area (Å²) >= 11 is 0. The van der Waals surface area contributed by atoms with Crippen molar-refractivity contribution in [3.63, 3.8) is 0 Å². The number of rotatable bonds is 3. The molecule has 0 amide bonds. The van der Waals surface area contributed by atoms with Crippen LogP contribution in [0.1, 0.15) is 15.9 Å². The zero-order valence-electron chi connectivity index (χ0n) is 9.95. The number of aromatic carboxylic acids is 1. The van der Waals surface area contributed by atoms with Gasteiger partial charge in [-0.05, 0) is 30.7 Å². The first kappa shape index (κ1) is 12.9. The Bertz CT molecular complexity index is 645. The van der Waals surface area contributed by atoms with Crippen molar-refractivity contribution in [1.29, 1.82) is 0 Å². The Hall–Kier alpha value is -2.50. The second kappa shape index (κ2) is 5.01. The molecular weight excluding hydrogens is 254 g/mol. The standard InChI is InChI=1S/C13H10F2N2O2/c1-7-2-3-11(10(15)4-7)17-12-9(13(18)19)5-8(14)6-16-12/h2-6H,1H3,(H,16,17)(H,18,19). The van der Waals surface area contributed by atoms with Gasteiger partial charge in [-0.1, -0.05) is 6.07 Å². The lowest BCUT2D eigenvalue weighted by Crippen LogP contribution is -2.06. The minimum atomic E-state index is -1.35. The Balaban J connectivity index is 2.40. The first-order valence-electron chi connectivity index (χ1n) is 5.39. The molecule has 1 heterocycles. The van der Waals surface area contributed by atoms with Gasteiger partial charge in [0.15, 0.2) is 0 Å². The molecule has 0 aliphatic carbocycles. The number of halogens is 2. The summed E-state index contributed by atoms with van der Waals surface area (Å²) in [5, 5.41) is 11.5. The molecule has 0 saturated carbocycles. The van der Waals surface area contributed by atoms with Crippen LogP contribution in [0.4, 0.5) is 20.3 Å². The Kier molecular flexibility index (Phi) is 3.41. The summed E-state index contributed by atoms with van der Waals surface area (Å²) in [7, 11) is 0. The Labute approximate surface area is 107 Å². The van der Waals surface area contributed by atoms with Gasteiger partial charge in [0.1, 0.15) is 23.0 Å². The van der Waals surface area contributed by atoms with Crippen molar-refractivity contribution in [2.24, 2.45) is 0 Å². The number of aromatic nitrogens is 1. The third kappa shape index (κ3) is 2.85. The molecule has 0 atom stereocenters. The van der Waals surface area contributed by atoms with Crippen LogP contribution in [0.2, 0.25) is 0 Å². The molecule has 0 spiro atoms. The van der Waals surface area contributed by atoms with Crippen LogP contribution < -0.4 is 5.32 Å². The van der Waals surface area contributed by atoms with Gasteiger partial charge < -0.3 is 10.4 Å². The summed E-state index contributed by atoms with van der Waals surface area (Å²) in [4.78, 5) is 14.6. The third-order valence-corrected chi connectivity index (χ3v) is 2.46. The van der Waals surface area contributed by atoms with E-state index in [4.69, 9.17) is 5.11 Å². The maximum absolute atomic E-state index is 13.6. The van der Waals surface area contributed by atoms with Crippen LogP contribution in [0.3, 0.4) is 0 Å². The molecule has 19 heavy (non-hydrogen) atoms.